The molecule has 0 unspecified atom stereocenters. The summed E-state index contributed by atoms with van der Waals surface area (Å²) in [6, 6.07) is 0. The summed E-state index contributed by atoms with van der Waals surface area (Å²) in [5, 5.41) is 4.64. The molecule has 1 aliphatic carbocycles. The smallest absolute Gasteiger partial charge is 0.209 e. The van der Waals surface area contributed by atoms with Crippen LogP contribution in [0.1, 0.15) is 56.2 Å². The quantitative estimate of drug-likeness (QED) is 0.713. The lowest BCUT2D eigenvalue weighted by Crippen LogP contribution is -2.46. The molecule has 0 bridgehead atoms. The monoisotopic (exact) mass is 346 g/mol. The summed E-state index contributed by atoms with van der Waals surface area (Å²) in [4.78, 5) is 15.2. The third-order valence-electron chi connectivity index (χ3n) is 6.49. The SMILES string of the molecule is Cc1cnn(CC2(CCCN3CCN(C=O)CC3)CCCCC2)c1C. The van der Waals surface area contributed by atoms with E-state index in [1.807, 2.05) is 11.1 Å². The summed E-state index contributed by atoms with van der Waals surface area (Å²) in [7, 11) is 0. The van der Waals surface area contributed by atoms with Crippen molar-refractivity contribution in [2.24, 2.45) is 5.41 Å². The Balaban J connectivity index is 1.54. The molecule has 5 nitrogen and oxygen atoms in total. The average Bonchev–Trinajstić information content (AvgIpc) is 2.95. The Labute approximate surface area is 152 Å². The van der Waals surface area contributed by atoms with Crippen molar-refractivity contribution in [1.82, 2.24) is 19.6 Å². The van der Waals surface area contributed by atoms with E-state index in [0.29, 0.717) is 5.41 Å². The van der Waals surface area contributed by atoms with Crippen molar-refractivity contribution < 1.29 is 4.79 Å². The zero-order chi connectivity index (χ0) is 17.7. The van der Waals surface area contributed by atoms with Gasteiger partial charge in [-0.2, -0.15) is 5.10 Å². The largest absolute Gasteiger partial charge is 0.343 e. The first-order valence-corrected chi connectivity index (χ1v) is 10.0. The summed E-state index contributed by atoms with van der Waals surface area (Å²) >= 11 is 0. The molecule has 1 saturated carbocycles. The van der Waals surface area contributed by atoms with Crippen molar-refractivity contribution in [3.8, 4) is 0 Å². The van der Waals surface area contributed by atoms with Gasteiger partial charge in [-0.05, 0) is 57.1 Å². The molecule has 0 spiro atoms. The number of rotatable bonds is 7. The van der Waals surface area contributed by atoms with Crippen LogP contribution in [0.25, 0.3) is 0 Å². The van der Waals surface area contributed by atoms with Crippen molar-refractivity contribution >= 4 is 6.41 Å². The molecule has 1 amide bonds. The lowest BCUT2D eigenvalue weighted by molar-refractivity contribution is -0.119. The lowest BCUT2D eigenvalue weighted by atomic mass is 9.71. The number of aromatic nitrogens is 2. The maximum absolute atomic E-state index is 10.8. The van der Waals surface area contributed by atoms with Crippen LogP contribution in [-0.2, 0) is 11.3 Å². The van der Waals surface area contributed by atoms with E-state index in [0.717, 1.165) is 39.1 Å². The molecular weight excluding hydrogens is 312 g/mol. The molecule has 5 heteroatoms. The highest BCUT2D eigenvalue weighted by Crippen LogP contribution is 2.42. The van der Waals surface area contributed by atoms with Gasteiger partial charge >= 0.3 is 0 Å². The fourth-order valence-corrected chi connectivity index (χ4v) is 4.58. The number of piperazine rings is 1. The van der Waals surface area contributed by atoms with E-state index in [1.54, 1.807) is 0 Å². The lowest BCUT2D eigenvalue weighted by Gasteiger charge is -2.39. The maximum atomic E-state index is 10.8. The topological polar surface area (TPSA) is 41.4 Å². The number of carbonyl (C=O) groups excluding carboxylic acids is 1. The normalized spacial score (nSPS) is 21.4. The molecule has 1 aromatic heterocycles. The number of nitrogens with zero attached hydrogens (tertiary/aromatic N) is 4. The zero-order valence-electron chi connectivity index (χ0n) is 16.0. The summed E-state index contributed by atoms with van der Waals surface area (Å²) in [5.74, 6) is 0. The fraction of sp³-hybridized carbons (Fsp3) is 0.800. The summed E-state index contributed by atoms with van der Waals surface area (Å²) in [6.07, 6.45) is 12.4. The van der Waals surface area contributed by atoms with E-state index in [2.05, 4.69) is 28.5 Å². The molecule has 1 aliphatic heterocycles. The minimum atomic E-state index is 0.437. The van der Waals surface area contributed by atoms with Crippen LogP contribution in [0.2, 0.25) is 0 Å². The third kappa shape index (κ3) is 4.63. The Morgan fingerprint density at radius 3 is 2.44 bits per heavy atom. The van der Waals surface area contributed by atoms with Crippen molar-refractivity contribution in [1.29, 1.82) is 0 Å². The first-order chi connectivity index (χ1) is 12.1. The van der Waals surface area contributed by atoms with Crippen LogP contribution in [0.15, 0.2) is 6.20 Å². The molecular formula is C20H34N4O. The number of aryl methyl sites for hydroxylation is 1. The Kier molecular flexibility index (Phi) is 6.15. The van der Waals surface area contributed by atoms with Crippen molar-refractivity contribution in [3.63, 3.8) is 0 Å². The highest BCUT2D eigenvalue weighted by Gasteiger charge is 2.33. The number of carbonyl (C=O) groups is 1. The number of amides is 1. The number of hydrogen-bond donors (Lipinski definition) is 0. The van der Waals surface area contributed by atoms with Crippen LogP contribution < -0.4 is 0 Å². The predicted molar refractivity (Wildman–Crippen MR) is 101 cm³/mol. The van der Waals surface area contributed by atoms with Crippen LogP contribution >= 0.6 is 0 Å². The van der Waals surface area contributed by atoms with Gasteiger partial charge in [0.05, 0.1) is 6.20 Å². The molecule has 0 aromatic carbocycles. The standard InChI is InChI=1S/C20H34N4O/c1-18-15-21-24(19(18)2)16-20(7-4-3-5-8-20)9-6-10-22-11-13-23(17-25)14-12-22/h15,17H,3-14,16H2,1-2H3. The van der Waals surface area contributed by atoms with Gasteiger partial charge in [-0.15, -0.1) is 0 Å². The molecule has 0 radical (unpaired) electrons. The molecule has 25 heavy (non-hydrogen) atoms. The fourth-order valence-electron chi connectivity index (χ4n) is 4.58. The molecule has 0 N–H and O–H groups in total. The van der Waals surface area contributed by atoms with Crippen molar-refractivity contribution in [3.05, 3.63) is 17.5 Å². The molecule has 2 heterocycles. The van der Waals surface area contributed by atoms with E-state index in [4.69, 9.17) is 0 Å². The predicted octanol–water partition coefficient (Wildman–Crippen LogP) is 3.00. The Morgan fingerprint density at radius 2 is 1.84 bits per heavy atom. The Morgan fingerprint density at radius 1 is 1.12 bits per heavy atom. The second kappa shape index (κ2) is 8.35. The maximum Gasteiger partial charge on any atom is 0.209 e. The van der Waals surface area contributed by atoms with Crippen LogP contribution in [-0.4, -0.2) is 58.7 Å². The van der Waals surface area contributed by atoms with Crippen LogP contribution in [0.4, 0.5) is 0 Å². The molecule has 140 valence electrons. The van der Waals surface area contributed by atoms with Crippen molar-refractivity contribution in [2.45, 2.75) is 65.3 Å². The van der Waals surface area contributed by atoms with Crippen LogP contribution in [0.5, 0.6) is 0 Å². The van der Waals surface area contributed by atoms with E-state index in [-0.39, 0.29) is 0 Å². The van der Waals surface area contributed by atoms with Crippen molar-refractivity contribution in [2.75, 3.05) is 32.7 Å². The second-order valence-electron chi connectivity index (χ2n) is 8.22. The number of hydrogen-bond acceptors (Lipinski definition) is 3. The molecule has 1 saturated heterocycles. The highest BCUT2D eigenvalue weighted by molar-refractivity contribution is 5.47. The minimum Gasteiger partial charge on any atom is -0.343 e. The van der Waals surface area contributed by atoms with E-state index in [9.17, 15) is 4.79 Å². The Hall–Kier alpha value is -1.36. The van der Waals surface area contributed by atoms with Gasteiger partial charge in [0.2, 0.25) is 6.41 Å². The highest BCUT2D eigenvalue weighted by atomic mass is 16.1. The van der Waals surface area contributed by atoms with Gasteiger partial charge in [-0.25, -0.2) is 0 Å². The zero-order valence-corrected chi connectivity index (χ0v) is 16.0. The molecule has 1 aromatic rings. The van der Waals surface area contributed by atoms with Gasteiger partial charge in [-0.1, -0.05) is 19.3 Å². The average molecular weight is 347 g/mol. The van der Waals surface area contributed by atoms with E-state index < -0.39 is 0 Å². The minimum absolute atomic E-state index is 0.437. The second-order valence-corrected chi connectivity index (χ2v) is 8.22. The molecule has 3 rings (SSSR count). The summed E-state index contributed by atoms with van der Waals surface area (Å²) in [6.45, 7) is 10.5. The van der Waals surface area contributed by atoms with Gasteiger partial charge in [0.25, 0.3) is 0 Å². The molecule has 2 fully saturated rings. The van der Waals surface area contributed by atoms with E-state index >= 15 is 0 Å². The van der Waals surface area contributed by atoms with E-state index in [1.165, 1.54) is 62.7 Å². The Bertz CT molecular complexity index is 554. The van der Waals surface area contributed by atoms with Crippen LogP contribution in [0.3, 0.4) is 0 Å². The first kappa shape index (κ1) is 18.4. The first-order valence-electron chi connectivity index (χ1n) is 10.0. The molecule has 0 atom stereocenters. The van der Waals surface area contributed by atoms with Gasteiger partial charge in [0, 0.05) is 38.4 Å². The van der Waals surface area contributed by atoms with Gasteiger partial charge in [-0.3, -0.25) is 14.4 Å². The van der Waals surface area contributed by atoms with Crippen LogP contribution in [0, 0.1) is 19.3 Å². The molecule has 2 aliphatic rings. The van der Waals surface area contributed by atoms with Gasteiger partial charge in [0.1, 0.15) is 0 Å². The summed E-state index contributed by atoms with van der Waals surface area (Å²) < 4.78 is 2.25. The third-order valence-corrected chi connectivity index (χ3v) is 6.49. The summed E-state index contributed by atoms with van der Waals surface area (Å²) in [5.41, 5.74) is 3.07. The van der Waals surface area contributed by atoms with Gasteiger partial charge < -0.3 is 4.90 Å². The van der Waals surface area contributed by atoms with Gasteiger partial charge in [0.15, 0.2) is 0 Å².